The number of urea groups is 1. The first-order chi connectivity index (χ1) is 9.95. The van der Waals surface area contributed by atoms with E-state index in [0.717, 1.165) is 13.0 Å². The molecule has 0 saturated carbocycles. The number of rotatable bonds is 2. The van der Waals surface area contributed by atoms with Gasteiger partial charge in [-0.2, -0.15) is 0 Å². The number of amides is 2. The highest BCUT2D eigenvalue weighted by molar-refractivity contribution is 5.74. The molecule has 0 aromatic carbocycles. The van der Waals surface area contributed by atoms with Crippen LogP contribution in [0.2, 0.25) is 0 Å². The fourth-order valence-corrected chi connectivity index (χ4v) is 3.05. The van der Waals surface area contributed by atoms with Gasteiger partial charge in [0.2, 0.25) is 0 Å². The molecule has 120 valence electrons. The molecular formula is C14H25N3O4. The number of morpholine rings is 1. The van der Waals surface area contributed by atoms with Crippen LogP contribution in [0.3, 0.4) is 0 Å². The SMILES string of the molecule is C[C@@H]1CN(C(=O)N2CCCN(CC(=O)O)CC2)C[C@H](C)O1. The summed E-state index contributed by atoms with van der Waals surface area (Å²) in [5, 5.41) is 8.85. The van der Waals surface area contributed by atoms with Gasteiger partial charge in [0, 0.05) is 39.3 Å². The van der Waals surface area contributed by atoms with E-state index in [1.54, 1.807) is 0 Å². The maximum absolute atomic E-state index is 12.6. The monoisotopic (exact) mass is 299 g/mol. The summed E-state index contributed by atoms with van der Waals surface area (Å²) in [5.74, 6) is -0.814. The molecule has 2 heterocycles. The first-order valence-electron chi connectivity index (χ1n) is 7.59. The maximum atomic E-state index is 12.6. The summed E-state index contributed by atoms with van der Waals surface area (Å²) in [6.45, 7) is 7.88. The van der Waals surface area contributed by atoms with E-state index in [9.17, 15) is 9.59 Å². The Hall–Kier alpha value is -1.34. The Morgan fingerprint density at radius 2 is 1.71 bits per heavy atom. The van der Waals surface area contributed by atoms with Gasteiger partial charge in [-0.05, 0) is 20.3 Å². The summed E-state index contributed by atoms with van der Waals surface area (Å²) < 4.78 is 5.65. The van der Waals surface area contributed by atoms with Crippen LogP contribution in [0.15, 0.2) is 0 Å². The van der Waals surface area contributed by atoms with E-state index in [2.05, 4.69) is 0 Å². The van der Waals surface area contributed by atoms with Crippen LogP contribution in [0, 0.1) is 0 Å². The predicted octanol–water partition coefficient (Wildman–Crippen LogP) is 0.308. The Morgan fingerprint density at radius 1 is 1.05 bits per heavy atom. The van der Waals surface area contributed by atoms with E-state index in [-0.39, 0.29) is 24.8 Å². The summed E-state index contributed by atoms with van der Waals surface area (Å²) in [5.41, 5.74) is 0. The van der Waals surface area contributed by atoms with Gasteiger partial charge in [0.25, 0.3) is 0 Å². The van der Waals surface area contributed by atoms with E-state index >= 15 is 0 Å². The molecule has 2 aliphatic heterocycles. The third-order valence-electron chi connectivity index (χ3n) is 3.91. The molecule has 0 spiro atoms. The molecule has 2 aliphatic rings. The van der Waals surface area contributed by atoms with Gasteiger partial charge in [-0.15, -0.1) is 0 Å². The van der Waals surface area contributed by atoms with Crippen LogP contribution in [-0.4, -0.2) is 89.8 Å². The molecular weight excluding hydrogens is 274 g/mol. The number of aliphatic carboxylic acids is 1. The lowest BCUT2D eigenvalue weighted by Gasteiger charge is -2.38. The second kappa shape index (κ2) is 7.09. The number of ether oxygens (including phenoxy) is 1. The number of hydrogen-bond acceptors (Lipinski definition) is 4. The predicted molar refractivity (Wildman–Crippen MR) is 77.2 cm³/mol. The molecule has 0 unspecified atom stereocenters. The molecule has 2 saturated heterocycles. The molecule has 0 bridgehead atoms. The second-order valence-electron chi connectivity index (χ2n) is 5.96. The molecule has 21 heavy (non-hydrogen) atoms. The zero-order valence-corrected chi connectivity index (χ0v) is 12.8. The third kappa shape index (κ3) is 4.57. The average molecular weight is 299 g/mol. The van der Waals surface area contributed by atoms with Crippen molar-refractivity contribution in [3.8, 4) is 0 Å². The Kier molecular flexibility index (Phi) is 5.41. The van der Waals surface area contributed by atoms with Crippen molar-refractivity contribution in [1.82, 2.24) is 14.7 Å². The van der Waals surface area contributed by atoms with Crippen LogP contribution in [0.1, 0.15) is 20.3 Å². The second-order valence-corrected chi connectivity index (χ2v) is 5.96. The third-order valence-corrected chi connectivity index (χ3v) is 3.91. The Balaban J connectivity index is 1.89. The van der Waals surface area contributed by atoms with Crippen LogP contribution < -0.4 is 0 Å². The topological polar surface area (TPSA) is 73.3 Å². The van der Waals surface area contributed by atoms with Gasteiger partial charge in [0.05, 0.1) is 18.8 Å². The molecule has 0 aliphatic carbocycles. The molecule has 1 N–H and O–H groups in total. The average Bonchev–Trinajstić information content (AvgIpc) is 2.61. The highest BCUT2D eigenvalue weighted by Gasteiger charge is 2.30. The van der Waals surface area contributed by atoms with Gasteiger partial charge < -0.3 is 19.6 Å². The molecule has 0 aromatic rings. The molecule has 2 atom stereocenters. The number of carboxylic acid groups (broad SMARTS) is 1. The molecule has 0 radical (unpaired) electrons. The van der Waals surface area contributed by atoms with E-state index in [0.29, 0.717) is 32.7 Å². The first-order valence-corrected chi connectivity index (χ1v) is 7.59. The molecule has 2 amide bonds. The van der Waals surface area contributed by atoms with Gasteiger partial charge in [0.1, 0.15) is 0 Å². The van der Waals surface area contributed by atoms with Crippen molar-refractivity contribution in [2.75, 3.05) is 45.8 Å². The quantitative estimate of drug-likeness (QED) is 0.794. The van der Waals surface area contributed by atoms with Crippen LogP contribution in [-0.2, 0) is 9.53 Å². The summed E-state index contributed by atoms with van der Waals surface area (Å²) in [4.78, 5) is 28.9. The van der Waals surface area contributed by atoms with Crippen molar-refractivity contribution in [3.63, 3.8) is 0 Å². The van der Waals surface area contributed by atoms with Crippen LogP contribution in [0.25, 0.3) is 0 Å². The zero-order chi connectivity index (χ0) is 15.4. The van der Waals surface area contributed by atoms with Crippen molar-refractivity contribution in [2.24, 2.45) is 0 Å². The fraction of sp³-hybridized carbons (Fsp3) is 0.857. The van der Waals surface area contributed by atoms with Gasteiger partial charge in [0.15, 0.2) is 0 Å². The minimum Gasteiger partial charge on any atom is -0.480 e. The lowest BCUT2D eigenvalue weighted by molar-refractivity contribution is -0.138. The molecule has 7 nitrogen and oxygen atoms in total. The smallest absolute Gasteiger partial charge is 0.320 e. The normalized spacial score (nSPS) is 28.3. The molecule has 2 fully saturated rings. The lowest BCUT2D eigenvalue weighted by Crippen LogP contribution is -2.53. The van der Waals surface area contributed by atoms with E-state index in [4.69, 9.17) is 9.84 Å². The number of carbonyl (C=O) groups is 2. The minimum absolute atomic E-state index is 0.0493. The van der Waals surface area contributed by atoms with Gasteiger partial charge in [-0.3, -0.25) is 9.69 Å². The van der Waals surface area contributed by atoms with Crippen molar-refractivity contribution in [2.45, 2.75) is 32.5 Å². The van der Waals surface area contributed by atoms with E-state index in [1.165, 1.54) is 0 Å². The fourth-order valence-electron chi connectivity index (χ4n) is 3.05. The maximum Gasteiger partial charge on any atom is 0.320 e. The Bertz CT molecular complexity index is 380. The minimum atomic E-state index is -0.814. The van der Waals surface area contributed by atoms with Gasteiger partial charge >= 0.3 is 12.0 Å². The van der Waals surface area contributed by atoms with Gasteiger partial charge in [-0.1, -0.05) is 0 Å². The van der Waals surface area contributed by atoms with Crippen molar-refractivity contribution >= 4 is 12.0 Å². The van der Waals surface area contributed by atoms with Gasteiger partial charge in [-0.25, -0.2) is 4.79 Å². The largest absolute Gasteiger partial charge is 0.480 e. The highest BCUT2D eigenvalue weighted by Crippen LogP contribution is 2.14. The van der Waals surface area contributed by atoms with Crippen molar-refractivity contribution in [3.05, 3.63) is 0 Å². The molecule has 2 rings (SSSR count). The van der Waals surface area contributed by atoms with E-state index < -0.39 is 5.97 Å². The van der Waals surface area contributed by atoms with Crippen LogP contribution in [0.5, 0.6) is 0 Å². The summed E-state index contributed by atoms with van der Waals surface area (Å²) in [7, 11) is 0. The van der Waals surface area contributed by atoms with Crippen LogP contribution in [0.4, 0.5) is 4.79 Å². The van der Waals surface area contributed by atoms with Crippen molar-refractivity contribution < 1.29 is 19.4 Å². The van der Waals surface area contributed by atoms with E-state index in [1.807, 2.05) is 28.5 Å². The Labute approximate surface area is 125 Å². The number of carbonyl (C=O) groups excluding carboxylic acids is 1. The zero-order valence-electron chi connectivity index (χ0n) is 12.8. The molecule has 0 aromatic heterocycles. The first kappa shape index (κ1) is 16.0. The summed E-state index contributed by atoms with van der Waals surface area (Å²) in [6.07, 6.45) is 0.940. The number of hydrogen-bond donors (Lipinski definition) is 1. The Morgan fingerprint density at radius 3 is 2.33 bits per heavy atom. The number of nitrogens with zero attached hydrogens (tertiary/aromatic N) is 3. The summed E-state index contributed by atoms with van der Waals surface area (Å²) in [6, 6.07) is 0.0502. The number of carboxylic acids is 1. The standard InChI is InChI=1S/C14H25N3O4/c1-11-8-17(9-12(2)21-11)14(20)16-5-3-4-15(6-7-16)10-13(18)19/h11-12H,3-10H2,1-2H3,(H,18,19)/t11-,12+. The van der Waals surface area contributed by atoms with Crippen LogP contribution >= 0.6 is 0 Å². The highest BCUT2D eigenvalue weighted by atomic mass is 16.5. The summed E-state index contributed by atoms with van der Waals surface area (Å²) >= 11 is 0. The molecule has 7 heteroatoms. The van der Waals surface area contributed by atoms with Crippen molar-refractivity contribution in [1.29, 1.82) is 0 Å². The lowest BCUT2D eigenvalue weighted by atomic mass is 10.2.